The van der Waals surface area contributed by atoms with Gasteiger partial charge in [-0.05, 0) is 42.6 Å². The Bertz CT molecular complexity index is 366. The molecule has 0 radical (unpaired) electrons. The molecule has 21 heavy (non-hydrogen) atoms. The Morgan fingerprint density at radius 3 is 2.33 bits per heavy atom. The van der Waals surface area contributed by atoms with Crippen molar-refractivity contribution in [3.63, 3.8) is 0 Å². The highest BCUT2D eigenvalue weighted by atomic mass is 32.2. The highest BCUT2D eigenvalue weighted by molar-refractivity contribution is 7.98. The van der Waals surface area contributed by atoms with Gasteiger partial charge in [-0.1, -0.05) is 20.8 Å². The van der Waals surface area contributed by atoms with Crippen LogP contribution in [0.4, 0.5) is 4.79 Å². The summed E-state index contributed by atoms with van der Waals surface area (Å²) in [5.74, 6) is 1.45. The van der Waals surface area contributed by atoms with Crippen molar-refractivity contribution in [2.75, 3.05) is 25.1 Å². The molecule has 0 spiro atoms. The van der Waals surface area contributed by atoms with E-state index in [9.17, 15) is 9.59 Å². The molecular weight excluding hydrogens is 286 g/mol. The molecule has 6 heteroatoms. The number of hydrogen-bond acceptors (Lipinski definition) is 3. The lowest BCUT2D eigenvalue weighted by Gasteiger charge is -2.43. The Morgan fingerprint density at radius 2 is 1.90 bits per heavy atom. The summed E-state index contributed by atoms with van der Waals surface area (Å²) in [5, 5.41) is 2.59. The summed E-state index contributed by atoms with van der Waals surface area (Å²) in [7, 11) is 0. The number of carbonyl (C=O) groups excluding carboxylic acids is 2. The number of likely N-dealkylation sites (tertiary alicyclic amines) is 1. The average molecular weight is 315 g/mol. The molecule has 0 aliphatic carbocycles. The summed E-state index contributed by atoms with van der Waals surface area (Å²) >= 11 is 1.66. The summed E-state index contributed by atoms with van der Waals surface area (Å²) in [6, 6.07) is -1.11. The Morgan fingerprint density at radius 1 is 1.33 bits per heavy atom. The zero-order valence-corrected chi connectivity index (χ0v) is 14.5. The molecule has 5 nitrogen and oxygen atoms in total. The number of nitrogens with zero attached hydrogens (tertiary/aromatic N) is 1. The predicted molar refractivity (Wildman–Crippen MR) is 88.3 cm³/mol. The molecular formula is C15H29N3O2S. The lowest BCUT2D eigenvalue weighted by molar-refractivity contribution is -0.135. The maximum atomic E-state index is 12.6. The summed E-state index contributed by atoms with van der Waals surface area (Å²) in [4.78, 5) is 25.5. The third kappa shape index (κ3) is 5.09. The first-order valence-corrected chi connectivity index (χ1v) is 9.03. The van der Waals surface area contributed by atoms with Crippen molar-refractivity contribution < 1.29 is 9.59 Å². The second-order valence-corrected chi connectivity index (χ2v) is 7.46. The molecule has 0 saturated carbocycles. The van der Waals surface area contributed by atoms with Crippen molar-refractivity contribution >= 4 is 23.7 Å². The zero-order valence-electron chi connectivity index (χ0n) is 13.6. The molecule has 0 aromatic rings. The van der Waals surface area contributed by atoms with Crippen molar-refractivity contribution in [1.29, 1.82) is 0 Å². The molecule has 1 heterocycles. The molecule has 3 N–H and O–H groups in total. The van der Waals surface area contributed by atoms with E-state index in [0.717, 1.165) is 31.7 Å². The fourth-order valence-electron chi connectivity index (χ4n) is 2.70. The van der Waals surface area contributed by atoms with Gasteiger partial charge in [-0.25, -0.2) is 4.79 Å². The van der Waals surface area contributed by atoms with E-state index < -0.39 is 12.1 Å². The molecule has 0 bridgehead atoms. The van der Waals surface area contributed by atoms with Gasteiger partial charge in [0.15, 0.2) is 0 Å². The molecule has 1 rings (SSSR count). The maximum absolute atomic E-state index is 12.6. The first-order chi connectivity index (χ1) is 9.80. The van der Waals surface area contributed by atoms with Gasteiger partial charge in [-0.2, -0.15) is 11.8 Å². The summed E-state index contributed by atoms with van der Waals surface area (Å²) in [5.41, 5.74) is 5.50. The highest BCUT2D eigenvalue weighted by Crippen LogP contribution is 2.38. The number of nitrogens with one attached hydrogen (secondary N) is 1. The second kappa shape index (κ2) is 7.92. The van der Waals surface area contributed by atoms with Gasteiger partial charge >= 0.3 is 6.03 Å². The van der Waals surface area contributed by atoms with Gasteiger partial charge in [-0.3, -0.25) is 4.79 Å². The van der Waals surface area contributed by atoms with Crippen LogP contribution in [-0.4, -0.2) is 48.0 Å². The molecule has 1 atom stereocenters. The number of primary amides is 1. The number of carbonyl (C=O) groups is 2. The highest BCUT2D eigenvalue weighted by Gasteiger charge is 2.36. The van der Waals surface area contributed by atoms with Crippen LogP contribution in [0.3, 0.4) is 0 Å². The average Bonchev–Trinajstić information content (AvgIpc) is 2.43. The van der Waals surface area contributed by atoms with Crippen LogP contribution in [-0.2, 0) is 4.79 Å². The Balaban J connectivity index is 2.62. The zero-order chi connectivity index (χ0) is 16.0. The molecule has 1 unspecified atom stereocenters. The van der Waals surface area contributed by atoms with E-state index >= 15 is 0 Å². The lowest BCUT2D eigenvalue weighted by atomic mass is 9.72. The number of piperidine rings is 1. The largest absolute Gasteiger partial charge is 0.352 e. The van der Waals surface area contributed by atoms with Crippen LogP contribution in [0, 0.1) is 11.3 Å². The fraction of sp³-hybridized carbons (Fsp3) is 0.867. The van der Waals surface area contributed by atoms with Crippen molar-refractivity contribution in [3.05, 3.63) is 0 Å². The maximum Gasteiger partial charge on any atom is 0.312 e. The van der Waals surface area contributed by atoms with Crippen LogP contribution >= 0.6 is 11.8 Å². The number of rotatable bonds is 6. The first-order valence-electron chi connectivity index (χ1n) is 7.64. The van der Waals surface area contributed by atoms with Crippen LogP contribution in [0.25, 0.3) is 0 Å². The SMILES string of the molecule is CSCCC(NC(N)=O)C(=O)N1CCC(C)(C(C)C)CC1. The number of nitrogens with two attached hydrogens (primary N) is 1. The number of hydrogen-bond donors (Lipinski definition) is 2. The third-order valence-corrected chi connectivity index (χ3v) is 5.48. The van der Waals surface area contributed by atoms with Gasteiger partial charge in [0.25, 0.3) is 0 Å². The number of urea groups is 1. The molecule has 1 aliphatic heterocycles. The predicted octanol–water partition coefficient (Wildman–Crippen LogP) is 2.06. The van der Waals surface area contributed by atoms with Crippen molar-refractivity contribution in [2.24, 2.45) is 17.1 Å². The van der Waals surface area contributed by atoms with Crippen molar-refractivity contribution in [3.8, 4) is 0 Å². The van der Waals surface area contributed by atoms with Gasteiger partial charge in [0.05, 0.1) is 0 Å². The molecule has 1 saturated heterocycles. The quantitative estimate of drug-likeness (QED) is 0.788. The summed E-state index contributed by atoms with van der Waals surface area (Å²) < 4.78 is 0. The van der Waals surface area contributed by atoms with Gasteiger partial charge in [0.2, 0.25) is 5.91 Å². The van der Waals surface area contributed by atoms with Crippen molar-refractivity contribution in [1.82, 2.24) is 10.2 Å². The van der Waals surface area contributed by atoms with E-state index in [2.05, 4.69) is 26.1 Å². The summed E-state index contributed by atoms with van der Waals surface area (Å²) in [6.45, 7) is 8.32. The molecule has 0 aromatic carbocycles. The standard InChI is InChI=1S/C15H29N3O2S/c1-11(2)15(3)6-8-18(9-7-15)13(19)12(5-10-21-4)17-14(16)20/h11-12H,5-10H2,1-4H3,(H3,16,17,20). The Hall–Kier alpha value is -0.910. The monoisotopic (exact) mass is 315 g/mol. The van der Waals surface area contributed by atoms with E-state index in [0.29, 0.717) is 17.8 Å². The molecule has 1 fully saturated rings. The van der Waals surface area contributed by atoms with E-state index in [4.69, 9.17) is 5.73 Å². The number of thioether (sulfide) groups is 1. The Kier molecular flexibility index (Phi) is 6.84. The van der Waals surface area contributed by atoms with Gasteiger partial charge < -0.3 is 16.0 Å². The van der Waals surface area contributed by atoms with E-state index in [-0.39, 0.29) is 5.91 Å². The minimum Gasteiger partial charge on any atom is -0.352 e. The summed E-state index contributed by atoms with van der Waals surface area (Å²) in [6.07, 6.45) is 4.64. The first kappa shape index (κ1) is 18.1. The topological polar surface area (TPSA) is 75.4 Å². The van der Waals surface area contributed by atoms with Crippen LogP contribution in [0.5, 0.6) is 0 Å². The third-order valence-electron chi connectivity index (χ3n) is 4.84. The smallest absolute Gasteiger partial charge is 0.312 e. The van der Waals surface area contributed by atoms with E-state index in [1.165, 1.54) is 0 Å². The molecule has 122 valence electrons. The minimum absolute atomic E-state index is 0.00801. The van der Waals surface area contributed by atoms with Crippen LogP contribution in [0.2, 0.25) is 0 Å². The van der Waals surface area contributed by atoms with E-state index in [1.807, 2.05) is 11.2 Å². The van der Waals surface area contributed by atoms with Crippen molar-refractivity contribution in [2.45, 2.75) is 46.1 Å². The Labute approximate surface area is 132 Å². The number of amides is 3. The molecule has 3 amide bonds. The fourth-order valence-corrected chi connectivity index (χ4v) is 3.17. The van der Waals surface area contributed by atoms with Gasteiger partial charge in [0, 0.05) is 13.1 Å². The van der Waals surface area contributed by atoms with Gasteiger partial charge in [-0.15, -0.1) is 0 Å². The van der Waals surface area contributed by atoms with Crippen LogP contribution in [0.1, 0.15) is 40.0 Å². The van der Waals surface area contributed by atoms with Gasteiger partial charge in [0.1, 0.15) is 6.04 Å². The van der Waals surface area contributed by atoms with Crippen LogP contribution in [0.15, 0.2) is 0 Å². The molecule has 1 aliphatic rings. The molecule has 0 aromatic heterocycles. The lowest BCUT2D eigenvalue weighted by Crippen LogP contribution is -2.53. The minimum atomic E-state index is -0.626. The second-order valence-electron chi connectivity index (χ2n) is 6.48. The van der Waals surface area contributed by atoms with E-state index in [1.54, 1.807) is 11.8 Å². The van der Waals surface area contributed by atoms with Crippen LogP contribution < -0.4 is 11.1 Å². The normalized spacial score (nSPS) is 19.4.